The Balaban J connectivity index is 2.18. The van der Waals surface area contributed by atoms with Gasteiger partial charge in [-0.1, -0.05) is 0 Å². The van der Waals surface area contributed by atoms with E-state index in [4.69, 9.17) is 14.6 Å². The average molecular weight is 322 g/mol. The van der Waals surface area contributed by atoms with E-state index >= 15 is 0 Å². The fraction of sp³-hybridized carbons (Fsp3) is 0.312. The van der Waals surface area contributed by atoms with Gasteiger partial charge in [-0.15, -0.1) is 0 Å². The fourth-order valence-corrected chi connectivity index (χ4v) is 1.46. The van der Waals surface area contributed by atoms with Gasteiger partial charge in [0.1, 0.15) is 11.5 Å². The third-order valence-corrected chi connectivity index (χ3v) is 2.48. The predicted octanol–water partition coefficient (Wildman–Crippen LogP) is 1.74. The highest BCUT2D eigenvalue weighted by molar-refractivity contribution is 5.91. The molecular weight excluding hydrogens is 304 g/mol. The lowest BCUT2D eigenvalue weighted by Crippen LogP contribution is -2.10. The molecule has 1 aromatic carbocycles. The molecule has 0 fully saturated rings. The molecular formula is C16H18O7. The maximum absolute atomic E-state index is 11.5. The average Bonchev–Trinajstić information content (AvgIpc) is 2.52. The molecule has 0 unspecified atom stereocenters. The second kappa shape index (κ2) is 9.99. The summed E-state index contributed by atoms with van der Waals surface area (Å²) in [5.41, 5.74) is 0. The second-order valence-corrected chi connectivity index (χ2v) is 4.32. The molecule has 0 saturated heterocycles. The zero-order valence-corrected chi connectivity index (χ0v) is 12.7. The van der Waals surface area contributed by atoms with Gasteiger partial charge in [-0.05, 0) is 37.6 Å². The summed E-state index contributed by atoms with van der Waals surface area (Å²) < 4.78 is 14.4. The highest BCUT2D eigenvalue weighted by atomic mass is 16.5. The van der Waals surface area contributed by atoms with Gasteiger partial charge in [-0.3, -0.25) is 4.79 Å². The van der Waals surface area contributed by atoms with Crippen molar-refractivity contribution in [3.8, 4) is 11.5 Å². The molecule has 0 atom stereocenters. The largest absolute Gasteiger partial charge is 0.508 e. The van der Waals surface area contributed by atoms with Gasteiger partial charge in [0.05, 0.1) is 13.2 Å². The van der Waals surface area contributed by atoms with Crippen LogP contribution in [0.1, 0.15) is 19.8 Å². The van der Waals surface area contributed by atoms with Crippen molar-refractivity contribution in [1.29, 1.82) is 0 Å². The molecule has 0 aliphatic heterocycles. The molecule has 0 spiro atoms. The van der Waals surface area contributed by atoms with Crippen molar-refractivity contribution in [3.63, 3.8) is 0 Å². The van der Waals surface area contributed by atoms with Crippen LogP contribution in [0.2, 0.25) is 0 Å². The summed E-state index contributed by atoms with van der Waals surface area (Å²) in [5.74, 6) is -1.39. The first-order valence-electron chi connectivity index (χ1n) is 7.02. The summed E-state index contributed by atoms with van der Waals surface area (Å²) >= 11 is 0. The standard InChI is InChI=1S/C16H18O7/c1-2-21-14(18)9-10-15(19)22-11-3-4-16(20)23-13-7-5-12(17)6-8-13/h5-10,17H,2-4,11H2,1H3/b10-9-. The molecule has 7 nitrogen and oxygen atoms in total. The van der Waals surface area contributed by atoms with Gasteiger partial charge in [-0.2, -0.15) is 0 Å². The predicted molar refractivity (Wildman–Crippen MR) is 79.7 cm³/mol. The Hall–Kier alpha value is -2.83. The van der Waals surface area contributed by atoms with E-state index in [2.05, 4.69) is 4.74 Å². The topological polar surface area (TPSA) is 99.1 Å². The van der Waals surface area contributed by atoms with Crippen LogP contribution in [0.3, 0.4) is 0 Å². The van der Waals surface area contributed by atoms with Gasteiger partial charge in [-0.25, -0.2) is 9.59 Å². The maximum Gasteiger partial charge on any atom is 0.331 e. The summed E-state index contributed by atoms with van der Waals surface area (Å²) in [7, 11) is 0. The number of hydrogen-bond acceptors (Lipinski definition) is 7. The minimum Gasteiger partial charge on any atom is -0.508 e. The SMILES string of the molecule is CCOC(=O)/C=C\C(=O)OCCCC(=O)Oc1ccc(O)cc1. The summed E-state index contributed by atoms with van der Waals surface area (Å²) in [6.07, 6.45) is 2.29. The molecule has 124 valence electrons. The Morgan fingerprint density at radius 1 is 1.04 bits per heavy atom. The Morgan fingerprint density at radius 3 is 2.26 bits per heavy atom. The Bertz CT molecular complexity index is 560. The highest BCUT2D eigenvalue weighted by Gasteiger charge is 2.06. The van der Waals surface area contributed by atoms with Gasteiger partial charge >= 0.3 is 17.9 Å². The van der Waals surface area contributed by atoms with Gasteiger partial charge < -0.3 is 19.3 Å². The van der Waals surface area contributed by atoms with E-state index in [0.29, 0.717) is 5.75 Å². The van der Waals surface area contributed by atoms with Crippen molar-refractivity contribution < 1.29 is 33.7 Å². The van der Waals surface area contributed by atoms with Gasteiger partial charge in [0, 0.05) is 18.6 Å². The molecule has 0 amide bonds. The number of benzene rings is 1. The van der Waals surface area contributed by atoms with Crippen LogP contribution < -0.4 is 4.74 Å². The minimum atomic E-state index is -0.690. The molecule has 0 bridgehead atoms. The molecule has 7 heteroatoms. The third-order valence-electron chi connectivity index (χ3n) is 2.48. The van der Waals surface area contributed by atoms with Crippen LogP contribution >= 0.6 is 0 Å². The molecule has 23 heavy (non-hydrogen) atoms. The minimum absolute atomic E-state index is 0.0245. The maximum atomic E-state index is 11.5. The van der Waals surface area contributed by atoms with Gasteiger partial charge in [0.25, 0.3) is 0 Å². The van der Waals surface area contributed by atoms with Crippen LogP contribution in [0.5, 0.6) is 11.5 Å². The molecule has 0 saturated carbocycles. The third kappa shape index (κ3) is 8.25. The summed E-state index contributed by atoms with van der Waals surface area (Å²) in [4.78, 5) is 33.8. The Kier molecular flexibility index (Phi) is 7.91. The van der Waals surface area contributed by atoms with Crippen LogP contribution in [0.15, 0.2) is 36.4 Å². The summed E-state index contributed by atoms with van der Waals surface area (Å²) in [6.45, 7) is 1.90. The number of ether oxygens (including phenoxy) is 3. The lowest BCUT2D eigenvalue weighted by molar-refractivity contribution is -0.141. The molecule has 1 rings (SSSR count). The number of aromatic hydroxyl groups is 1. The number of carbonyl (C=O) groups excluding carboxylic acids is 3. The number of phenols is 1. The molecule has 1 N–H and O–H groups in total. The van der Waals surface area contributed by atoms with E-state index < -0.39 is 17.9 Å². The van der Waals surface area contributed by atoms with Crippen LogP contribution in [0.4, 0.5) is 0 Å². The summed E-state index contributed by atoms with van der Waals surface area (Å²) in [6, 6.07) is 5.74. The molecule has 0 aromatic heterocycles. The molecule has 0 radical (unpaired) electrons. The number of carbonyl (C=O) groups is 3. The summed E-state index contributed by atoms with van der Waals surface area (Å²) in [5, 5.41) is 9.10. The smallest absolute Gasteiger partial charge is 0.331 e. The van der Waals surface area contributed by atoms with Gasteiger partial charge in [0.15, 0.2) is 0 Å². The second-order valence-electron chi connectivity index (χ2n) is 4.32. The molecule has 0 aliphatic rings. The van der Waals surface area contributed by atoms with Gasteiger partial charge in [0.2, 0.25) is 0 Å². The highest BCUT2D eigenvalue weighted by Crippen LogP contribution is 2.16. The molecule has 0 aliphatic carbocycles. The van der Waals surface area contributed by atoms with E-state index in [1.807, 2.05) is 0 Å². The zero-order chi connectivity index (χ0) is 17.1. The molecule has 0 heterocycles. The van der Waals surface area contributed by atoms with E-state index in [1.165, 1.54) is 24.3 Å². The normalized spacial score (nSPS) is 10.3. The quantitative estimate of drug-likeness (QED) is 0.337. The van der Waals surface area contributed by atoms with Crippen molar-refractivity contribution >= 4 is 17.9 Å². The molecule has 1 aromatic rings. The number of hydrogen-bond donors (Lipinski definition) is 1. The number of esters is 3. The first-order chi connectivity index (χ1) is 11.0. The zero-order valence-electron chi connectivity index (χ0n) is 12.7. The van der Waals surface area contributed by atoms with E-state index in [-0.39, 0.29) is 31.8 Å². The van der Waals surface area contributed by atoms with Crippen molar-refractivity contribution in [2.45, 2.75) is 19.8 Å². The first-order valence-corrected chi connectivity index (χ1v) is 7.02. The van der Waals surface area contributed by atoms with E-state index in [0.717, 1.165) is 12.2 Å². The van der Waals surface area contributed by atoms with E-state index in [1.54, 1.807) is 6.92 Å². The lowest BCUT2D eigenvalue weighted by atomic mass is 10.3. The van der Waals surface area contributed by atoms with Crippen molar-refractivity contribution in [3.05, 3.63) is 36.4 Å². The Morgan fingerprint density at radius 2 is 1.65 bits per heavy atom. The first kappa shape index (κ1) is 18.2. The Labute approximate surface area is 133 Å². The monoisotopic (exact) mass is 322 g/mol. The van der Waals surface area contributed by atoms with Crippen LogP contribution in [-0.4, -0.2) is 36.2 Å². The van der Waals surface area contributed by atoms with Crippen LogP contribution in [0.25, 0.3) is 0 Å². The lowest BCUT2D eigenvalue weighted by Gasteiger charge is -2.04. The van der Waals surface area contributed by atoms with E-state index in [9.17, 15) is 14.4 Å². The number of rotatable bonds is 8. The van der Waals surface area contributed by atoms with Crippen LogP contribution in [-0.2, 0) is 23.9 Å². The van der Waals surface area contributed by atoms with Crippen molar-refractivity contribution in [2.24, 2.45) is 0 Å². The van der Waals surface area contributed by atoms with Crippen molar-refractivity contribution in [2.75, 3.05) is 13.2 Å². The van der Waals surface area contributed by atoms with Crippen molar-refractivity contribution in [1.82, 2.24) is 0 Å². The number of phenolic OH excluding ortho intramolecular Hbond substituents is 1. The van der Waals surface area contributed by atoms with Crippen LogP contribution in [0, 0.1) is 0 Å². The fourth-order valence-electron chi connectivity index (χ4n) is 1.46.